The van der Waals surface area contributed by atoms with Crippen molar-refractivity contribution in [3.8, 4) is 0 Å². The zero-order valence-corrected chi connectivity index (χ0v) is 15.9. The average molecular weight is 427 g/mol. The van der Waals surface area contributed by atoms with Crippen LogP contribution in [-0.2, 0) is 13.8 Å². The van der Waals surface area contributed by atoms with Crippen LogP contribution in [0.3, 0.4) is 0 Å². The third-order valence-corrected chi connectivity index (χ3v) is 5.38. The number of hydrogen-bond acceptors (Lipinski definition) is 9. The first-order valence-electron chi connectivity index (χ1n) is 8.40. The number of aliphatic hydroxyl groups excluding tert-OH is 1. The lowest BCUT2D eigenvalue weighted by atomic mass is 9.97. The summed E-state index contributed by atoms with van der Waals surface area (Å²) in [5, 5.41) is 32.8. The monoisotopic (exact) mass is 427 g/mol. The fourth-order valence-electron chi connectivity index (χ4n) is 3.48. The Morgan fingerprint density at radius 3 is 2.86 bits per heavy atom. The van der Waals surface area contributed by atoms with E-state index >= 15 is 0 Å². The first-order valence-corrected chi connectivity index (χ1v) is 9.93. The van der Waals surface area contributed by atoms with Gasteiger partial charge in [0.05, 0.1) is 18.2 Å². The number of hydrogen-bond donors (Lipinski definition) is 6. The van der Waals surface area contributed by atoms with E-state index in [-0.39, 0.29) is 16.6 Å². The molecule has 1 aliphatic rings. The van der Waals surface area contributed by atoms with E-state index in [1.54, 1.807) is 0 Å². The number of nitrogens with one attached hydrogen (secondary N) is 1. The number of nitrogen functional groups attached to an aromatic ring is 1. The van der Waals surface area contributed by atoms with E-state index in [4.69, 9.17) is 20.3 Å². The number of rotatable bonds is 4. The molecule has 3 aromatic rings. The molecule has 7 N–H and O–H groups in total. The summed E-state index contributed by atoms with van der Waals surface area (Å²) in [5.74, 6) is 0. The largest absolute Gasteiger partial charge is 0.469 e. The van der Waals surface area contributed by atoms with E-state index in [0.717, 1.165) is 0 Å². The second kappa shape index (κ2) is 6.57. The molecular formula is C15H18N5O8P. The number of anilines is 1. The predicted molar refractivity (Wildman–Crippen MR) is 98.6 cm³/mol. The van der Waals surface area contributed by atoms with Crippen LogP contribution in [0.25, 0.3) is 21.7 Å². The highest BCUT2D eigenvalue weighted by Crippen LogP contribution is 2.42. The highest BCUT2D eigenvalue weighted by Gasteiger charge is 2.53. The third kappa shape index (κ3) is 3.32. The van der Waals surface area contributed by atoms with Crippen molar-refractivity contribution in [3.05, 3.63) is 28.8 Å². The van der Waals surface area contributed by atoms with Crippen LogP contribution in [0.2, 0.25) is 0 Å². The summed E-state index contributed by atoms with van der Waals surface area (Å²) < 4.78 is 22.1. The predicted octanol–water partition coefficient (Wildman–Crippen LogP) is -1.03. The van der Waals surface area contributed by atoms with Crippen LogP contribution in [0.4, 0.5) is 5.69 Å². The number of aromatic amines is 1. The van der Waals surface area contributed by atoms with Crippen molar-refractivity contribution in [3.63, 3.8) is 0 Å². The normalized spacial score (nSPS) is 27.8. The number of aromatic nitrogens is 4. The lowest BCUT2D eigenvalue weighted by Crippen LogP contribution is -2.44. The van der Waals surface area contributed by atoms with Gasteiger partial charge in [-0.3, -0.25) is 9.32 Å². The molecule has 1 aromatic carbocycles. The first-order chi connectivity index (χ1) is 13.5. The molecule has 0 spiro atoms. The van der Waals surface area contributed by atoms with E-state index < -0.39 is 44.0 Å². The smallest absolute Gasteiger partial charge is 0.398 e. The van der Waals surface area contributed by atoms with Gasteiger partial charge < -0.3 is 30.5 Å². The highest BCUT2D eigenvalue weighted by molar-refractivity contribution is 7.46. The van der Waals surface area contributed by atoms with Crippen molar-refractivity contribution in [2.45, 2.75) is 31.0 Å². The van der Waals surface area contributed by atoms with Gasteiger partial charge in [0.25, 0.3) is 5.56 Å². The molecule has 0 bridgehead atoms. The highest BCUT2D eigenvalue weighted by atomic mass is 31.2. The summed E-state index contributed by atoms with van der Waals surface area (Å²) in [6, 6.07) is 1.48. The minimum atomic E-state index is -4.80. The number of nitrogens with zero attached hydrogens (tertiary/aromatic N) is 3. The van der Waals surface area contributed by atoms with Crippen molar-refractivity contribution in [1.82, 2.24) is 20.0 Å². The van der Waals surface area contributed by atoms with Gasteiger partial charge in [-0.25, -0.2) is 14.3 Å². The molecule has 0 unspecified atom stereocenters. The van der Waals surface area contributed by atoms with Crippen molar-refractivity contribution in [2.24, 2.45) is 0 Å². The fraction of sp³-hybridized carbons (Fsp3) is 0.400. The van der Waals surface area contributed by atoms with E-state index in [2.05, 4.69) is 19.8 Å². The second-order valence-electron chi connectivity index (χ2n) is 6.98. The third-order valence-electron chi connectivity index (χ3n) is 4.89. The summed E-state index contributed by atoms with van der Waals surface area (Å²) in [5.41, 5.74) is 4.25. The molecule has 1 fully saturated rings. The van der Waals surface area contributed by atoms with Gasteiger partial charge in [0.15, 0.2) is 6.23 Å². The maximum absolute atomic E-state index is 12.1. The van der Waals surface area contributed by atoms with Gasteiger partial charge in [-0.1, -0.05) is 0 Å². The van der Waals surface area contributed by atoms with E-state index in [0.29, 0.717) is 10.8 Å². The zero-order valence-electron chi connectivity index (χ0n) is 15.0. The van der Waals surface area contributed by atoms with Crippen LogP contribution in [0.5, 0.6) is 0 Å². The molecule has 0 radical (unpaired) electrons. The number of H-pyrrole nitrogens is 1. The Bertz CT molecular complexity index is 1200. The molecule has 4 rings (SSSR count). The fourth-order valence-corrected chi connectivity index (χ4v) is 3.82. The standard InChI is InChI=1S/C15H18N5O8P/c1-15(23)12(21)10(5-27-29(24,25)26)28-14(15)20-4-7-8(16)2-6-11(7)9(19-20)3-17-18-13(6)22/h2-4,10,12,14,21,23H,5,16H2,1H3,(H,18,22)(H2,24,25,26)/t10-,12-,14-,15-/m1/s1. The van der Waals surface area contributed by atoms with Gasteiger partial charge in [-0.05, 0) is 13.0 Å². The van der Waals surface area contributed by atoms with Crippen LogP contribution < -0.4 is 11.3 Å². The molecule has 14 heteroatoms. The molecular weight excluding hydrogens is 409 g/mol. The van der Waals surface area contributed by atoms with Crippen molar-refractivity contribution in [1.29, 1.82) is 0 Å². The zero-order chi connectivity index (χ0) is 21.1. The van der Waals surface area contributed by atoms with E-state index in [9.17, 15) is 19.6 Å². The summed E-state index contributed by atoms with van der Waals surface area (Å²) in [6.45, 7) is 0.631. The number of nitrogens with two attached hydrogens (primary N) is 1. The SMILES string of the molecule is C[C@@]1(O)[C@H](O)[C@@H](COP(=O)(O)O)O[C@H]1n1cc2c(N)cc3c(=O)[nH]ncc(n1)c23. The van der Waals surface area contributed by atoms with Gasteiger partial charge in [-0.2, -0.15) is 10.2 Å². The van der Waals surface area contributed by atoms with Gasteiger partial charge in [-0.15, -0.1) is 0 Å². The first kappa shape index (κ1) is 19.9. The molecule has 2 aromatic heterocycles. The van der Waals surface area contributed by atoms with Gasteiger partial charge >= 0.3 is 7.82 Å². The number of ether oxygens (including phenoxy) is 1. The lowest BCUT2D eigenvalue weighted by molar-refractivity contribution is -0.102. The lowest BCUT2D eigenvalue weighted by Gasteiger charge is -2.27. The van der Waals surface area contributed by atoms with E-state index in [1.807, 2.05) is 0 Å². The van der Waals surface area contributed by atoms with Crippen LogP contribution in [0.1, 0.15) is 13.2 Å². The number of phosphoric acid groups is 1. The maximum Gasteiger partial charge on any atom is 0.469 e. The topological polar surface area (TPSA) is 206 Å². The molecule has 13 nitrogen and oxygen atoms in total. The molecule has 3 heterocycles. The second-order valence-corrected chi connectivity index (χ2v) is 8.22. The average Bonchev–Trinajstić information content (AvgIpc) is 3.01. The molecule has 29 heavy (non-hydrogen) atoms. The quantitative estimate of drug-likeness (QED) is 0.278. The summed E-state index contributed by atoms with van der Waals surface area (Å²) in [7, 11) is -4.80. The Hall–Kier alpha value is -2.38. The van der Waals surface area contributed by atoms with E-state index in [1.165, 1.54) is 30.1 Å². The van der Waals surface area contributed by atoms with Crippen molar-refractivity contribution in [2.75, 3.05) is 12.3 Å². The maximum atomic E-state index is 12.1. The number of aliphatic hydroxyl groups is 2. The van der Waals surface area contributed by atoms with Crippen LogP contribution in [0, 0.1) is 0 Å². The molecule has 0 amide bonds. The Labute approximate surface area is 161 Å². The Morgan fingerprint density at radius 1 is 1.45 bits per heavy atom. The van der Waals surface area contributed by atoms with Crippen LogP contribution in [-0.4, -0.2) is 64.4 Å². The van der Waals surface area contributed by atoms with Crippen LogP contribution in [0.15, 0.2) is 23.3 Å². The minimum absolute atomic E-state index is 0.274. The summed E-state index contributed by atoms with van der Waals surface area (Å²) in [4.78, 5) is 29.8. The molecule has 0 aliphatic carbocycles. The molecule has 4 atom stereocenters. The Morgan fingerprint density at radius 2 is 2.17 bits per heavy atom. The summed E-state index contributed by atoms with van der Waals surface area (Å²) >= 11 is 0. The minimum Gasteiger partial charge on any atom is -0.398 e. The van der Waals surface area contributed by atoms with Crippen LogP contribution >= 0.6 is 7.82 Å². The molecule has 1 saturated heterocycles. The van der Waals surface area contributed by atoms with Gasteiger partial charge in [0.2, 0.25) is 0 Å². The molecule has 1 aliphatic heterocycles. The van der Waals surface area contributed by atoms with Crippen molar-refractivity contribution < 1.29 is 33.8 Å². The molecule has 0 saturated carbocycles. The molecule has 156 valence electrons. The summed E-state index contributed by atoms with van der Waals surface area (Å²) in [6.07, 6.45) is -1.27. The van der Waals surface area contributed by atoms with Crippen molar-refractivity contribution >= 4 is 35.2 Å². The Kier molecular flexibility index (Phi) is 4.51. The Balaban J connectivity index is 1.80. The van der Waals surface area contributed by atoms with Gasteiger partial charge in [0.1, 0.15) is 23.3 Å². The number of phosphoric ester groups is 1. The van der Waals surface area contributed by atoms with Gasteiger partial charge in [0, 0.05) is 22.7 Å².